The molecule has 0 aliphatic heterocycles. The second-order valence-electron chi connectivity index (χ2n) is 1.70. The number of hydrogen-bond donors (Lipinski definition) is 0. The fourth-order valence-electron chi connectivity index (χ4n) is 0.250. The molecule has 0 fully saturated rings. The summed E-state index contributed by atoms with van der Waals surface area (Å²) in [5, 5.41) is 57.6. The fourth-order valence-corrected chi connectivity index (χ4v) is 1.03. The van der Waals surface area contributed by atoms with Crippen LogP contribution in [-0.4, -0.2) is 0 Å². The van der Waals surface area contributed by atoms with Crippen LogP contribution in [0.5, 0.6) is 0 Å². The summed E-state index contributed by atoms with van der Waals surface area (Å²) in [6.45, 7) is 0. The second-order valence-corrected chi connectivity index (χ2v) is 7.00. The van der Waals surface area contributed by atoms with Gasteiger partial charge in [0.25, 0.3) is 0 Å². The van der Waals surface area contributed by atoms with Crippen LogP contribution in [0.2, 0.25) is 0 Å². The maximum Gasteiger partial charge on any atom is 0 e. The van der Waals surface area contributed by atoms with E-state index in [1.807, 2.05) is 0 Å². The minimum absolute atomic E-state index is 0. The summed E-state index contributed by atoms with van der Waals surface area (Å²) in [6, 6.07) is 0. The van der Waals surface area contributed by atoms with E-state index < -0.39 is 10.5 Å². The number of hydrogen-bond acceptors (Lipinski definition) is 6. The standard InChI is InChI=1S/6CN.2Co/c6*1-2;;. The van der Waals surface area contributed by atoms with Gasteiger partial charge in [0, 0.05) is 16.8 Å². The van der Waals surface area contributed by atoms with Gasteiger partial charge in [-0.3, -0.25) is 0 Å². The van der Waals surface area contributed by atoms with E-state index in [1.165, 1.54) is 0 Å². The molecule has 0 aliphatic rings. The van der Waals surface area contributed by atoms with Crippen LogP contribution in [0.25, 0.3) is 0 Å². The van der Waals surface area contributed by atoms with E-state index in [0.29, 0.717) is 0 Å². The van der Waals surface area contributed by atoms with Crippen LogP contribution >= 0.6 is 0 Å². The zero-order chi connectivity index (χ0) is 10.7. The van der Waals surface area contributed by atoms with Gasteiger partial charge in [-0.05, 0) is 0 Å². The second kappa shape index (κ2) is 3.02. The van der Waals surface area contributed by atoms with Crippen molar-refractivity contribution in [1.29, 1.82) is 31.6 Å². The third-order valence-corrected chi connectivity index (χ3v) is 4.61. The first-order chi connectivity index (χ1) is 5.97. The summed E-state index contributed by atoms with van der Waals surface area (Å²) in [4.78, 5) is 0. The van der Waals surface area contributed by atoms with Crippen LogP contribution in [0.1, 0.15) is 0 Å². The Balaban J connectivity index is 0. The Labute approximate surface area is 88.9 Å². The molecule has 0 rings (SSSR count). The molecule has 0 heterocycles. The first-order valence-corrected chi connectivity index (χ1v) is 5.46. The van der Waals surface area contributed by atoms with E-state index in [0.717, 1.165) is 30.0 Å². The van der Waals surface area contributed by atoms with Gasteiger partial charge in [-0.25, -0.2) is 0 Å². The molecule has 0 atom stereocenters. The zero-order valence-electron chi connectivity index (χ0n) is 6.35. The molecule has 0 amide bonds. The normalized spacial score (nSPS) is 12.4. The average molecular weight is 274 g/mol. The van der Waals surface area contributed by atoms with Crippen LogP contribution in [0, 0.1) is 61.6 Å². The SMILES string of the molecule is N#[C][Co]([C]#N)([C]#N)([C]#N)([C]#N)[C]#N.[Co]. The zero-order valence-corrected chi connectivity index (χ0v) is 8.43. The number of nitrogens with zero attached hydrogens (tertiary/aromatic N) is 6. The van der Waals surface area contributed by atoms with Crippen molar-refractivity contribution in [3.63, 3.8) is 0 Å². The van der Waals surface area contributed by atoms with Gasteiger partial charge >= 0.3 is 72.1 Å². The molecule has 0 aromatic rings. The molecule has 6 nitrogen and oxygen atoms in total. The average Bonchev–Trinajstić information content (AvgIpc) is 2.26. The maximum absolute atomic E-state index is 8.58. The van der Waals surface area contributed by atoms with Gasteiger partial charge in [0.2, 0.25) is 0 Å². The van der Waals surface area contributed by atoms with Gasteiger partial charge in [0.1, 0.15) is 0 Å². The topological polar surface area (TPSA) is 143 Å². The predicted octanol–water partition coefficient (Wildman–Crippen LogP) is 0.0957. The predicted molar refractivity (Wildman–Crippen MR) is 33.7 cm³/mol. The quantitative estimate of drug-likeness (QED) is 0.612. The molecule has 0 unspecified atom stereocenters. The molecule has 0 N–H and O–H groups in total. The Morgan fingerprint density at radius 3 is 0.643 bits per heavy atom. The van der Waals surface area contributed by atoms with E-state index in [9.17, 15) is 0 Å². The van der Waals surface area contributed by atoms with E-state index in [-0.39, 0.29) is 16.8 Å². The van der Waals surface area contributed by atoms with Crippen molar-refractivity contribution in [3.8, 4) is 30.0 Å². The Morgan fingerprint density at radius 1 is 0.500 bits per heavy atom. The van der Waals surface area contributed by atoms with Crippen molar-refractivity contribution in [3.05, 3.63) is 0 Å². The molecular formula is C6Co2N6. The number of rotatable bonds is 0. The monoisotopic (exact) mass is 274 g/mol. The van der Waals surface area contributed by atoms with Crippen molar-refractivity contribution in [2.45, 2.75) is 0 Å². The molecule has 0 aromatic carbocycles. The van der Waals surface area contributed by atoms with E-state index >= 15 is 0 Å². The first kappa shape index (κ1) is 14.5. The summed E-state index contributed by atoms with van der Waals surface area (Å²) >= 11 is 0. The summed E-state index contributed by atoms with van der Waals surface area (Å²) in [7, 11) is -6.03. The van der Waals surface area contributed by atoms with Gasteiger partial charge in [-0.2, -0.15) is 0 Å². The Kier molecular flexibility index (Phi) is 3.12. The van der Waals surface area contributed by atoms with Crippen molar-refractivity contribution >= 4 is 0 Å². The summed E-state index contributed by atoms with van der Waals surface area (Å²) in [6.07, 6.45) is 0. The van der Waals surface area contributed by atoms with E-state index in [1.54, 1.807) is 0 Å². The molecule has 1 radical (unpaired) electrons. The van der Waals surface area contributed by atoms with Crippen LogP contribution in [0.4, 0.5) is 0 Å². The minimum atomic E-state index is -6.03. The molecule has 0 bridgehead atoms. The fraction of sp³-hybridized carbons (Fsp3) is 0. The van der Waals surface area contributed by atoms with Crippen LogP contribution in [0.15, 0.2) is 0 Å². The van der Waals surface area contributed by atoms with E-state index in [4.69, 9.17) is 31.6 Å². The largest absolute Gasteiger partial charge is 0 e. The summed E-state index contributed by atoms with van der Waals surface area (Å²) in [5.41, 5.74) is 0. The third kappa shape index (κ3) is 1.02. The van der Waals surface area contributed by atoms with Crippen LogP contribution in [0.3, 0.4) is 0 Å². The molecule has 8 heteroatoms. The molecule has 0 saturated carbocycles. The third-order valence-electron chi connectivity index (χ3n) is 1.12. The molecule has 0 saturated heterocycles. The van der Waals surface area contributed by atoms with Gasteiger partial charge in [0.05, 0.1) is 0 Å². The summed E-state index contributed by atoms with van der Waals surface area (Å²) < 4.78 is 0. The first-order valence-electron chi connectivity index (χ1n) is 2.34. The molecule has 72 valence electrons. The molecule has 0 aromatic heterocycles. The number of nitriles is 6. The maximum atomic E-state index is 8.58. The van der Waals surface area contributed by atoms with E-state index in [2.05, 4.69) is 0 Å². The summed E-state index contributed by atoms with van der Waals surface area (Å²) in [5.74, 6) is 0. The molecule has 14 heavy (non-hydrogen) atoms. The van der Waals surface area contributed by atoms with Crippen molar-refractivity contribution in [2.75, 3.05) is 0 Å². The van der Waals surface area contributed by atoms with Gasteiger partial charge in [-0.15, -0.1) is 0 Å². The van der Waals surface area contributed by atoms with Crippen LogP contribution in [-0.2, 0) is 27.3 Å². The molecule has 0 aliphatic carbocycles. The van der Waals surface area contributed by atoms with Crippen LogP contribution < -0.4 is 0 Å². The minimum Gasteiger partial charge on any atom is 0 e. The van der Waals surface area contributed by atoms with Gasteiger partial charge in [0.15, 0.2) is 0 Å². The Morgan fingerprint density at radius 2 is 0.643 bits per heavy atom. The molecular weight excluding hydrogens is 274 g/mol. The molecule has 0 spiro atoms. The smallest absolute Gasteiger partial charge is 0 e. The Bertz CT molecular complexity index is 390. The van der Waals surface area contributed by atoms with Crippen molar-refractivity contribution in [2.24, 2.45) is 0 Å². The van der Waals surface area contributed by atoms with Gasteiger partial charge in [-0.1, -0.05) is 0 Å². The van der Waals surface area contributed by atoms with Crippen molar-refractivity contribution in [1.82, 2.24) is 0 Å². The Hall–Kier alpha value is -2.05. The van der Waals surface area contributed by atoms with Crippen molar-refractivity contribution < 1.29 is 27.3 Å². The van der Waals surface area contributed by atoms with Gasteiger partial charge < -0.3 is 0 Å².